The van der Waals surface area contributed by atoms with Crippen molar-refractivity contribution in [2.75, 3.05) is 18.1 Å². The molecule has 0 aromatic carbocycles. The predicted molar refractivity (Wildman–Crippen MR) is 77.3 cm³/mol. The molecule has 0 bridgehead atoms. The van der Waals surface area contributed by atoms with Crippen LogP contribution in [0.4, 0.5) is 0 Å². The van der Waals surface area contributed by atoms with E-state index in [1.54, 1.807) is 6.92 Å². The summed E-state index contributed by atoms with van der Waals surface area (Å²) < 4.78 is 23.3. The van der Waals surface area contributed by atoms with Gasteiger partial charge in [-0.1, -0.05) is 26.7 Å². The topological polar surface area (TPSA) is 60.2 Å². The van der Waals surface area contributed by atoms with E-state index in [2.05, 4.69) is 6.92 Å². The van der Waals surface area contributed by atoms with E-state index < -0.39 is 9.84 Å². The molecule has 0 aromatic heterocycles. The van der Waals surface area contributed by atoms with Crippen LogP contribution in [-0.2, 0) is 9.84 Å². The number of hydrogen-bond acceptors (Lipinski definition) is 3. The van der Waals surface area contributed by atoms with Crippen molar-refractivity contribution in [2.45, 2.75) is 58.8 Å². The van der Waals surface area contributed by atoms with Crippen molar-refractivity contribution in [3.8, 4) is 0 Å². The lowest BCUT2D eigenvalue weighted by Gasteiger charge is -2.39. The SMILES string of the molecule is CCCC1CCC(CN)(CCS(=O)(=O)CC)CC1. The highest BCUT2D eigenvalue weighted by molar-refractivity contribution is 7.91. The average molecular weight is 275 g/mol. The normalized spacial score (nSPS) is 29.4. The van der Waals surface area contributed by atoms with Gasteiger partial charge in [0, 0.05) is 5.75 Å². The zero-order valence-electron chi connectivity index (χ0n) is 12.0. The molecule has 0 radical (unpaired) electrons. The summed E-state index contributed by atoms with van der Waals surface area (Å²) in [6.45, 7) is 4.60. The molecule has 0 amide bonds. The quantitative estimate of drug-likeness (QED) is 0.777. The van der Waals surface area contributed by atoms with Gasteiger partial charge in [0.1, 0.15) is 9.84 Å². The van der Waals surface area contributed by atoms with Crippen LogP contribution >= 0.6 is 0 Å². The fourth-order valence-corrected chi connectivity index (χ4v) is 4.09. The van der Waals surface area contributed by atoms with Crippen molar-refractivity contribution in [1.29, 1.82) is 0 Å². The zero-order chi connectivity index (χ0) is 13.6. The van der Waals surface area contributed by atoms with E-state index in [4.69, 9.17) is 5.73 Å². The molecule has 1 aliphatic carbocycles. The Bertz CT molecular complexity index is 330. The van der Waals surface area contributed by atoms with Crippen molar-refractivity contribution in [2.24, 2.45) is 17.1 Å². The van der Waals surface area contributed by atoms with Gasteiger partial charge in [-0.2, -0.15) is 0 Å². The molecule has 1 rings (SSSR count). The van der Waals surface area contributed by atoms with Crippen LogP contribution in [0.3, 0.4) is 0 Å². The van der Waals surface area contributed by atoms with Crippen LogP contribution in [-0.4, -0.2) is 26.5 Å². The molecule has 1 fully saturated rings. The Labute approximate surface area is 112 Å². The minimum atomic E-state index is -2.85. The van der Waals surface area contributed by atoms with Crippen LogP contribution in [0.2, 0.25) is 0 Å². The molecule has 4 heteroatoms. The Morgan fingerprint density at radius 3 is 2.28 bits per heavy atom. The highest BCUT2D eigenvalue weighted by Crippen LogP contribution is 2.42. The van der Waals surface area contributed by atoms with E-state index in [1.165, 1.54) is 25.7 Å². The minimum absolute atomic E-state index is 0.104. The van der Waals surface area contributed by atoms with Crippen LogP contribution in [0, 0.1) is 11.3 Å². The average Bonchev–Trinajstić information content (AvgIpc) is 2.39. The third-order valence-electron chi connectivity index (χ3n) is 4.68. The zero-order valence-corrected chi connectivity index (χ0v) is 12.8. The van der Waals surface area contributed by atoms with E-state index in [0.717, 1.165) is 25.2 Å². The van der Waals surface area contributed by atoms with Gasteiger partial charge >= 0.3 is 0 Å². The van der Waals surface area contributed by atoms with Crippen LogP contribution < -0.4 is 5.73 Å². The monoisotopic (exact) mass is 275 g/mol. The summed E-state index contributed by atoms with van der Waals surface area (Å²) in [5, 5.41) is 0. The highest BCUT2D eigenvalue weighted by atomic mass is 32.2. The summed E-state index contributed by atoms with van der Waals surface area (Å²) in [5.41, 5.74) is 6.04. The smallest absolute Gasteiger partial charge is 0.150 e. The summed E-state index contributed by atoms with van der Waals surface area (Å²) >= 11 is 0. The van der Waals surface area contributed by atoms with Crippen molar-refractivity contribution < 1.29 is 8.42 Å². The molecule has 1 aliphatic rings. The maximum atomic E-state index is 11.6. The van der Waals surface area contributed by atoms with Gasteiger partial charge in [-0.25, -0.2) is 8.42 Å². The van der Waals surface area contributed by atoms with Crippen LogP contribution in [0.25, 0.3) is 0 Å². The largest absolute Gasteiger partial charge is 0.330 e. The van der Waals surface area contributed by atoms with Crippen LogP contribution in [0.1, 0.15) is 58.8 Å². The molecule has 3 nitrogen and oxygen atoms in total. The Morgan fingerprint density at radius 1 is 1.22 bits per heavy atom. The van der Waals surface area contributed by atoms with Gasteiger partial charge in [-0.15, -0.1) is 0 Å². The summed E-state index contributed by atoms with van der Waals surface area (Å²) in [4.78, 5) is 0. The second-order valence-electron chi connectivity index (χ2n) is 5.92. The van der Waals surface area contributed by atoms with Crippen molar-refractivity contribution >= 4 is 9.84 Å². The Balaban J connectivity index is 2.51. The predicted octanol–water partition coefficient (Wildman–Crippen LogP) is 2.75. The first-order valence-electron chi connectivity index (χ1n) is 7.37. The first kappa shape index (κ1) is 16.0. The second kappa shape index (κ2) is 6.90. The molecular formula is C14H29NO2S. The molecular weight excluding hydrogens is 246 g/mol. The van der Waals surface area contributed by atoms with E-state index in [9.17, 15) is 8.42 Å². The summed E-state index contributed by atoms with van der Waals surface area (Å²) in [6, 6.07) is 0. The minimum Gasteiger partial charge on any atom is -0.330 e. The van der Waals surface area contributed by atoms with Crippen molar-refractivity contribution in [3.05, 3.63) is 0 Å². The first-order valence-corrected chi connectivity index (χ1v) is 9.19. The van der Waals surface area contributed by atoms with Gasteiger partial charge in [-0.3, -0.25) is 0 Å². The maximum Gasteiger partial charge on any atom is 0.150 e. The van der Waals surface area contributed by atoms with E-state index in [1.807, 2.05) is 0 Å². The lowest BCUT2D eigenvalue weighted by Crippen LogP contribution is -2.36. The van der Waals surface area contributed by atoms with E-state index in [-0.39, 0.29) is 11.2 Å². The second-order valence-corrected chi connectivity index (χ2v) is 8.40. The molecule has 18 heavy (non-hydrogen) atoms. The van der Waals surface area contributed by atoms with Gasteiger partial charge in [0.15, 0.2) is 0 Å². The Morgan fingerprint density at radius 2 is 1.83 bits per heavy atom. The molecule has 0 aliphatic heterocycles. The molecule has 0 saturated heterocycles. The van der Waals surface area contributed by atoms with Crippen LogP contribution in [0.15, 0.2) is 0 Å². The molecule has 0 spiro atoms. The fraction of sp³-hybridized carbons (Fsp3) is 1.00. The lowest BCUT2D eigenvalue weighted by atomic mass is 9.68. The number of rotatable bonds is 7. The number of nitrogens with two attached hydrogens (primary N) is 1. The van der Waals surface area contributed by atoms with Gasteiger partial charge in [-0.05, 0) is 50.0 Å². The third kappa shape index (κ3) is 4.54. The Hall–Kier alpha value is -0.0900. The van der Waals surface area contributed by atoms with E-state index >= 15 is 0 Å². The maximum absolute atomic E-state index is 11.6. The summed E-state index contributed by atoms with van der Waals surface area (Å²) in [5.74, 6) is 1.42. The first-order chi connectivity index (χ1) is 8.47. The molecule has 1 saturated carbocycles. The standard InChI is InChI=1S/C14H29NO2S/c1-3-5-13-6-8-14(12-15,9-7-13)10-11-18(16,17)4-2/h13H,3-12,15H2,1-2H3. The van der Waals surface area contributed by atoms with Gasteiger partial charge < -0.3 is 5.73 Å². The van der Waals surface area contributed by atoms with Crippen LogP contribution in [0.5, 0.6) is 0 Å². The third-order valence-corrected chi connectivity index (χ3v) is 6.38. The van der Waals surface area contributed by atoms with Crippen molar-refractivity contribution in [3.63, 3.8) is 0 Å². The van der Waals surface area contributed by atoms with Gasteiger partial charge in [0.25, 0.3) is 0 Å². The molecule has 0 unspecified atom stereocenters. The van der Waals surface area contributed by atoms with Gasteiger partial charge in [0.2, 0.25) is 0 Å². The molecule has 0 atom stereocenters. The number of hydrogen-bond donors (Lipinski definition) is 1. The van der Waals surface area contributed by atoms with Crippen molar-refractivity contribution in [1.82, 2.24) is 0 Å². The highest BCUT2D eigenvalue weighted by Gasteiger charge is 2.34. The molecule has 0 heterocycles. The summed E-state index contributed by atoms with van der Waals surface area (Å²) in [6.07, 6.45) is 8.03. The fourth-order valence-electron chi connectivity index (χ4n) is 3.06. The molecule has 0 aromatic rings. The Kier molecular flexibility index (Phi) is 6.12. The lowest BCUT2D eigenvalue weighted by molar-refractivity contribution is 0.146. The number of sulfone groups is 1. The summed E-state index contributed by atoms with van der Waals surface area (Å²) in [7, 11) is -2.85. The van der Waals surface area contributed by atoms with E-state index in [0.29, 0.717) is 12.3 Å². The molecule has 2 N–H and O–H groups in total. The van der Waals surface area contributed by atoms with Gasteiger partial charge in [0.05, 0.1) is 5.75 Å². The molecule has 108 valence electrons.